The Morgan fingerprint density at radius 3 is 2.52 bits per heavy atom. The molecular formula is C21H19N3O. The summed E-state index contributed by atoms with van der Waals surface area (Å²) in [5, 5.41) is 9.22. The van der Waals surface area contributed by atoms with E-state index < -0.39 is 0 Å². The zero-order valence-electron chi connectivity index (χ0n) is 14.3. The second-order valence-electron chi connectivity index (χ2n) is 6.25. The number of hydrogen-bond donors (Lipinski definition) is 1. The van der Waals surface area contributed by atoms with Crippen molar-refractivity contribution in [3.63, 3.8) is 0 Å². The highest BCUT2D eigenvalue weighted by Gasteiger charge is 2.10. The summed E-state index contributed by atoms with van der Waals surface area (Å²) in [5.74, 6) is 0. The second kappa shape index (κ2) is 6.15. The van der Waals surface area contributed by atoms with E-state index in [9.17, 15) is 5.11 Å². The van der Waals surface area contributed by atoms with Crippen molar-refractivity contribution in [3.8, 4) is 22.5 Å². The van der Waals surface area contributed by atoms with Gasteiger partial charge in [0.1, 0.15) is 0 Å². The third-order valence-corrected chi connectivity index (χ3v) is 4.71. The van der Waals surface area contributed by atoms with Crippen LogP contribution in [0.3, 0.4) is 0 Å². The minimum absolute atomic E-state index is 0.0497. The number of imidazole rings is 1. The summed E-state index contributed by atoms with van der Waals surface area (Å²) in [6.45, 7) is 4.29. The van der Waals surface area contributed by atoms with Crippen LogP contribution in [0.2, 0.25) is 0 Å². The van der Waals surface area contributed by atoms with E-state index in [1.54, 1.807) is 0 Å². The first-order valence-corrected chi connectivity index (χ1v) is 8.27. The molecule has 0 bridgehead atoms. The second-order valence-corrected chi connectivity index (χ2v) is 6.25. The van der Waals surface area contributed by atoms with Crippen LogP contribution >= 0.6 is 0 Å². The van der Waals surface area contributed by atoms with E-state index in [1.165, 1.54) is 11.1 Å². The van der Waals surface area contributed by atoms with E-state index >= 15 is 0 Å². The number of aliphatic hydroxyl groups excluding tert-OH is 1. The van der Waals surface area contributed by atoms with Crippen LogP contribution in [-0.4, -0.2) is 19.5 Å². The lowest BCUT2D eigenvalue weighted by Crippen LogP contribution is -1.95. The summed E-state index contributed by atoms with van der Waals surface area (Å²) in [6.07, 6.45) is 5.71. The quantitative estimate of drug-likeness (QED) is 0.613. The van der Waals surface area contributed by atoms with Crippen molar-refractivity contribution < 1.29 is 5.11 Å². The number of aliphatic hydroxyl groups is 1. The Morgan fingerprint density at radius 2 is 1.76 bits per heavy atom. The Labute approximate surface area is 146 Å². The fourth-order valence-corrected chi connectivity index (χ4v) is 3.05. The summed E-state index contributed by atoms with van der Waals surface area (Å²) < 4.78 is 2.07. The monoisotopic (exact) mass is 329 g/mol. The molecule has 124 valence electrons. The minimum atomic E-state index is 0.0497. The van der Waals surface area contributed by atoms with Gasteiger partial charge in [-0.3, -0.25) is 9.38 Å². The van der Waals surface area contributed by atoms with Crippen LogP contribution in [0.4, 0.5) is 0 Å². The maximum atomic E-state index is 9.22. The molecule has 0 aliphatic rings. The summed E-state index contributed by atoms with van der Waals surface area (Å²) in [4.78, 5) is 9.06. The van der Waals surface area contributed by atoms with E-state index in [2.05, 4.69) is 46.4 Å². The number of fused-ring (bicyclic) bond motifs is 1. The molecule has 2 aromatic carbocycles. The molecule has 25 heavy (non-hydrogen) atoms. The normalized spacial score (nSPS) is 11.2. The Hall–Kier alpha value is -2.98. The van der Waals surface area contributed by atoms with Gasteiger partial charge in [-0.25, -0.2) is 4.98 Å². The van der Waals surface area contributed by atoms with Crippen molar-refractivity contribution in [1.29, 1.82) is 0 Å². The van der Waals surface area contributed by atoms with Crippen LogP contribution in [0, 0.1) is 13.8 Å². The summed E-state index contributed by atoms with van der Waals surface area (Å²) in [7, 11) is 0. The highest BCUT2D eigenvalue weighted by atomic mass is 16.3. The number of nitrogens with zero attached hydrogens (tertiary/aromatic N) is 3. The van der Waals surface area contributed by atoms with Crippen LogP contribution in [0.25, 0.3) is 28.2 Å². The first kappa shape index (κ1) is 15.5. The molecule has 0 unspecified atom stereocenters. The van der Waals surface area contributed by atoms with E-state index in [0.29, 0.717) is 0 Å². The molecule has 0 spiro atoms. The Kier molecular flexibility index (Phi) is 3.82. The van der Waals surface area contributed by atoms with E-state index in [4.69, 9.17) is 0 Å². The van der Waals surface area contributed by atoms with Crippen LogP contribution in [-0.2, 0) is 6.61 Å². The first-order valence-electron chi connectivity index (χ1n) is 8.27. The largest absolute Gasteiger partial charge is 0.392 e. The molecule has 0 fully saturated rings. The predicted molar refractivity (Wildman–Crippen MR) is 99.3 cm³/mol. The molecule has 4 aromatic rings. The number of aryl methyl sites for hydroxylation is 1. The van der Waals surface area contributed by atoms with Gasteiger partial charge in [-0.15, -0.1) is 0 Å². The molecule has 4 nitrogen and oxygen atoms in total. The third-order valence-electron chi connectivity index (χ3n) is 4.71. The molecule has 0 aliphatic carbocycles. The number of aromatic nitrogens is 3. The maximum absolute atomic E-state index is 9.22. The standard InChI is InChI=1S/C21H19N3O/c1-14-4-3-5-18(15(14)2)19-12-24-20(10-23-21(24)11-22-19)17-8-6-16(13-25)7-9-17/h3-12,25H,13H2,1-2H3. The first-order chi connectivity index (χ1) is 12.2. The highest BCUT2D eigenvalue weighted by molar-refractivity contribution is 5.68. The van der Waals surface area contributed by atoms with Crippen LogP contribution in [0.1, 0.15) is 16.7 Å². The predicted octanol–water partition coefficient (Wildman–Crippen LogP) is 4.17. The molecule has 0 amide bonds. The van der Waals surface area contributed by atoms with Crippen molar-refractivity contribution >= 4 is 5.65 Å². The Balaban J connectivity index is 1.86. The van der Waals surface area contributed by atoms with Gasteiger partial charge in [0, 0.05) is 17.3 Å². The van der Waals surface area contributed by atoms with Crippen molar-refractivity contribution in [3.05, 3.63) is 77.7 Å². The van der Waals surface area contributed by atoms with Gasteiger partial charge in [0.05, 0.1) is 30.4 Å². The number of hydrogen-bond acceptors (Lipinski definition) is 3. The molecule has 4 rings (SSSR count). The van der Waals surface area contributed by atoms with Gasteiger partial charge >= 0.3 is 0 Å². The summed E-state index contributed by atoms with van der Waals surface area (Å²) in [6, 6.07) is 14.2. The van der Waals surface area contributed by atoms with Crippen LogP contribution in [0.15, 0.2) is 61.1 Å². The lowest BCUT2D eigenvalue weighted by molar-refractivity contribution is 0.282. The third kappa shape index (κ3) is 2.71. The fourth-order valence-electron chi connectivity index (χ4n) is 3.05. The molecule has 0 aliphatic heterocycles. The molecule has 0 radical (unpaired) electrons. The zero-order chi connectivity index (χ0) is 17.4. The zero-order valence-corrected chi connectivity index (χ0v) is 14.3. The van der Waals surface area contributed by atoms with Crippen molar-refractivity contribution in [2.45, 2.75) is 20.5 Å². The average molecular weight is 329 g/mol. The molecule has 4 heteroatoms. The number of rotatable bonds is 3. The van der Waals surface area contributed by atoms with Crippen molar-refractivity contribution in [2.24, 2.45) is 0 Å². The summed E-state index contributed by atoms with van der Waals surface area (Å²) in [5.41, 5.74) is 8.34. The highest BCUT2D eigenvalue weighted by Crippen LogP contribution is 2.26. The van der Waals surface area contributed by atoms with Gasteiger partial charge in [0.2, 0.25) is 0 Å². The van der Waals surface area contributed by atoms with Crippen molar-refractivity contribution in [1.82, 2.24) is 14.4 Å². The lowest BCUT2D eigenvalue weighted by Gasteiger charge is -2.09. The molecular weight excluding hydrogens is 310 g/mol. The van der Waals surface area contributed by atoms with E-state index in [-0.39, 0.29) is 6.61 Å². The molecule has 1 N–H and O–H groups in total. The molecule has 2 heterocycles. The lowest BCUT2D eigenvalue weighted by atomic mass is 10.0. The maximum Gasteiger partial charge on any atom is 0.155 e. The minimum Gasteiger partial charge on any atom is -0.392 e. The van der Waals surface area contributed by atoms with Gasteiger partial charge in [-0.05, 0) is 30.5 Å². The fraction of sp³-hybridized carbons (Fsp3) is 0.143. The van der Waals surface area contributed by atoms with Gasteiger partial charge in [-0.1, -0.05) is 42.5 Å². The van der Waals surface area contributed by atoms with Gasteiger partial charge in [-0.2, -0.15) is 0 Å². The van der Waals surface area contributed by atoms with Gasteiger partial charge < -0.3 is 5.11 Å². The van der Waals surface area contributed by atoms with Gasteiger partial charge in [0.15, 0.2) is 5.65 Å². The molecule has 0 saturated heterocycles. The summed E-state index contributed by atoms with van der Waals surface area (Å²) >= 11 is 0. The average Bonchev–Trinajstić information content (AvgIpc) is 3.07. The molecule has 0 saturated carbocycles. The smallest absolute Gasteiger partial charge is 0.155 e. The number of benzene rings is 2. The van der Waals surface area contributed by atoms with Crippen LogP contribution < -0.4 is 0 Å². The topological polar surface area (TPSA) is 50.4 Å². The Bertz CT molecular complexity index is 1050. The molecule has 2 aromatic heterocycles. The van der Waals surface area contributed by atoms with Crippen molar-refractivity contribution in [2.75, 3.05) is 0 Å². The van der Waals surface area contributed by atoms with Gasteiger partial charge in [0.25, 0.3) is 0 Å². The van der Waals surface area contributed by atoms with Crippen LogP contribution in [0.5, 0.6) is 0 Å². The SMILES string of the molecule is Cc1cccc(-c2cn3c(-c4ccc(CO)cc4)cnc3cn2)c1C. The Morgan fingerprint density at radius 1 is 0.960 bits per heavy atom. The molecule has 0 atom stereocenters. The van der Waals surface area contributed by atoms with E-state index in [1.807, 2.05) is 42.9 Å². The van der Waals surface area contributed by atoms with E-state index in [0.717, 1.165) is 33.7 Å².